The number of rotatable bonds is 6. The standard InChI is InChI=1S/C26H22FN3O3/c1-2-28-15-16-3-7-19(8-4-16)29-25(17-5-10-22-23(13-17)33-12-11-32-22)24-20-9-6-18(27)14-21(20)30-26(24)31/h3-14,24,28H,2,15H2,1H3,(H,30,31). The Morgan fingerprint density at radius 2 is 1.82 bits per heavy atom. The van der Waals surface area contributed by atoms with Gasteiger partial charge >= 0.3 is 0 Å². The lowest BCUT2D eigenvalue weighted by molar-refractivity contribution is -0.115. The zero-order chi connectivity index (χ0) is 22.8. The molecule has 33 heavy (non-hydrogen) atoms. The number of fused-ring (bicyclic) bond motifs is 2. The molecule has 0 aliphatic carbocycles. The van der Waals surface area contributed by atoms with Crippen LogP contribution >= 0.6 is 0 Å². The Hall–Kier alpha value is -3.97. The van der Waals surface area contributed by atoms with Crippen molar-refractivity contribution < 1.29 is 18.7 Å². The fourth-order valence-electron chi connectivity index (χ4n) is 3.96. The highest BCUT2D eigenvalue weighted by Gasteiger charge is 2.36. The zero-order valence-electron chi connectivity index (χ0n) is 18.0. The minimum Gasteiger partial charge on any atom is -0.458 e. The Kier molecular flexibility index (Phi) is 5.62. The normalized spacial score (nSPS) is 16.5. The van der Waals surface area contributed by atoms with Crippen LogP contribution in [0.5, 0.6) is 11.5 Å². The van der Waals surface area contributed by atoms with Crippen LogP contribution in [0.15, 0.2) is 78.2 Å². The molecule has 3 aromatic carbocycles. The molecular formula is C26H22FN3O3. The molecule has 2 aliphatic rings. The minimum absolute atomic E-state index is 0.257. The number of hydrogen-bond donors (Lipinski definition) is 2. The highest BCUT2D eigenvalue weighted by molar-refractivity contribution is 6.24. The van der Waals surface area contributed by atoms with Crippen molar-refractivity contribution in [3.63, 3.8) is 0 Å². The number of amides is 1. The summed E-state index contributed by atoms with van der Waals surface area (Å²) >= 11 is 0. The van der Waals surface area contributed by atoms with Crippen molar-refractivity contribution in [1.29, 1.82) is 0 Å². The quantitative estimate of drug-likeness (QED) is 0.524. The molecule has 1 amide bonds. The SMILES string of the molecule is CCNCc1ccc(N=C(c2ccc3c(c2)OC=CO3)C2C(=O)Nc3cc(F)ccc32)cc1. The molecule has 0 aromatic heterocycles. The van der Waals surface area contributed by atoms with E-state index in [1.807, 2.05) is 30.3 Å². The summed E-state index contributed by atoms with van der Waals surface area (Å²) in [6.45, 7) is 3.72. The largest absolute Gasteiger partial charge is 0.458 e. The van der Waals surface area contributed by atoms with Gasteiger partial charge in [-0.15, -0.1) is 0 Å². The molecule has 166 valence electrons. The highest BCUT2D eigenvalue weighted by atomic mass is 19.1. The van der Waals surface area contributed by atoms with E-state index in [0.717, 1.165) is 18.7 Å². The molecule has 5 rings (SSSR count). The predicted molar refractivity (Wildman–Crippen MR) is 125 cm³/mol. The van der Waals surface area contributed by atoms with Crippen molar-refractivity contribution in [3.8, 4) is 11.5 Å². The lowest BCUT2D eigenvalue weighted by Crippen LogP contribution is -2.22. The highest BCUT2D eigenvalue weighted by Crippen LogP contribution is 2.39. The Labute approximate surface area is 190 Å². The van der Waals surface area contributed by atoms with Gasteiger partial charge in [-0.2, -0.15) is 0 Å². The summed E-state index contributed by atoms with van der Waals surface area (Å²) in [5.41, 5.74) is 4.24. The fourth-order valence-corrected chi connectivity index (χ4v) is 3.96. The summed E-state index contributed by atoms with van der Waals surface area (Å²) in [7, 11) is 0. The Balaban J connectivity index is 1.59. The third kappa shape index (κ3) is 4.23. The number of nitrogens with zero attached hydrogens (tertiary/aromatic N) is 1. The van der Waals surface area contributed by atoms with Gasteiger partial charge in [0.25, 0.3) is 0 Å². The van der Waals surface area contributed by atoms with Crippen LogP contribution in [0.4, 0.5) is 15.8 Å². The van der Waals surface area contributed by atoms with E-state index in [-0.39, 0.29) is 5.91 Å². The monoisotopic (exact) mass is 443 g/mol. The maximum Gasteiger partial charge on any atom is 0.238 e. The van der Waals surface area contributed by atoms with Crippen LogP contribution < -0.4 is 20.1 Å². The Bertz CT molecular complexity index is 1270. The van der Waals surface area contributed by atoms with Crippen molar-refractivity contribution in [1.82, 2.24) is 5.32 Å². The van der Waals surface area contributed by atoms with Crippen LogP contribution in [-0.4, -0.2) is 18.2 Å². The number of carbonyl (C=O) groups is 1. The first-order valence-electron chi connectivity index (χ1n) is 10.7. The maximum atomic E-state index is 13.8. The van der Waals surface area contributed by atoms with Crippen molar-refractivity contribution in [2.75, 3.05) is 11.9 Å². The van der Waals surface area contributed by atoms with E-state index in [9.17, 15) is 9.18 Å². The number of nitrogens with one attached hydrogen (secondary N) is 2. The number of carbonyl (C=O) groups excluding carboxylic acids is 1. The van der Waals surface area contributed by atoms with Crippen molar-refractivity contribution >= 4 is 23.0 Å². The van der Waals surface area contributed by atoms with Gasteiger partial charge in [-0.3, -0.25) is 9.79 Å². The van der Waals surface area contributed by atoms with E-state index in [2.05, 4.69) is 17.6 Å². The third-order valence-electron chi connectivity index (χ3n) is 5.57. The zero-order valence-corrected chi connectivity index (χ0v) is 18.0. The summed E-state index contributed by atoms with van der Waals surface area (Å²) in [6.07, 6.45) is 2.91. The van der Waals surface area contributed by atoms with E-state index in [4.69, 9.17) is 14.5 Å². The number of benzene rings is 3. The third-order valence-corrected chi connectivity index (χ3v) is 5.57. The van der Waals surface area contributed by atoms with Gasteiger partial charge in [0.1, 0.15) is 24.3 Å². The van der Waals surface area contributed by atoms with Gasteiger partial charge in [0.15, 0.2) is 11.5 Å². The first-order valence-corrected chi connectivity index (χ1v) is 10.7. The molecule has 2 N–H and O–H groups in total. The van der Waals surface area contributed by atoms with Gasteiger partial charge in [0, 0.05) is 17.8 Å². The maximum absolute atomic E-state index is 13.8. The summed E-state index contributed by atoms with van der Waals surface area (Å²) in [6, 6.07) is 17.6. The van der Waals surface area contributed by atoms with Crippen LogP contribution in [0.1, 0.15) is 29.5 Å². The number of ether oxygens (including phenoxy) is 2. The molecule has 7 heteroatoms. The molecule has 0 spiro atoms. The van der Waals surface area contributed by atoms with Gasteiger partial charge in [-0.25, -0.2) is 4.39 Å². The van der Waals surface area contributed by atoms with Crippen LogP contribution in [0, 0.1) is 5.82 Å². The van der Waals surface area contributed by atoms with E-state index in [1.54, 1.807) is 18.2 Å². The molecule has 0 saturated heterocycles. The smallest absolute Gasteiger partial charge is 0.238 e. The van der Waals surface area contributed by atoms with E-state index >= 15 is 0 Å². The minimum atomic E-state index is -0.694. The molecule has 6 nitrogen and oxygen atoms in total. The van der Waals surface area contributed by atoms with Crippen molar-refractivity contribution in [3.05, 3.63) is 95.7 Å². The molecular weight excluding hydrogens is 421 g/mol. The van der Waals surface area contributed by atoms with Crippen LogP contribution in [0.3, 0.4) is 0 Å². The first kappa shape index (κ1) is 20.9. The van der Waals surface area contributed by atoms with Crippen LogP contribution in [0.2, 0.25) is 0 Å². The molecule has 0 fully saturated rings. The summed E-state index contributed by atoms with van der Waals surface area (Å²) in [5, 5.41) is 6.08. The van der Waals surface area contributed by atoms with Gasteiger partial charge in [0.05, 0.1) is 11.4 Å². The van der Waals surface area contributed by atoms with E-state index in [0.29, 0.717) is 39.7 Å². The average Bonchev–Trinajstić information content (AvgIpc) is 3.16. The van der Waals surface area contributed by atoms with E-state index in [1.165, 1.54) is 24.7 Å². The number of anilines is 1. The number of halogens is 1. The van der Waals surface area contributed by atoms with Crippen molar-refractivity contribution in [2.24, 2.45) is 4.99 Å². The summed E-state index contributed by atoms with van der Waals surface area (Å²) < 4.78 is 24.8. The van der Waals surface area contributed by atoms with Crippen LogP contribution in [-0.2, 0) is 11.3 Å². The Morgan fingerprint density at radius 3 is 2.61 bits per heavy atom. The molecule has 0 bridgehead atoms. The topological polar surface area (TPSA) is 72.0 Å². The fraction of sp³-hybridized carbons (Fsp3) is 0.154. The van der Waals surface area contributed by atoms with Gasteiger partial charge < -0.3 is 20.1 Å². The second-order valence-electron chi connectivity index (χ2n) is 7.77. The molecule has 0 radical (unpaired) electrons. The number of aliphatic imine (C=N–C) groups is 1. The molecule has 2 aliphatic heterocycles. The average molecular weight is 443 g/mol. The molecule has 2 heterocycles. The van der Waals surface area contributed by atoms with Crippen molar-refractivity contribution in [2.45, 2.75) is 19.4 Å². The number of hydrogen-bond acceptors (Lipinski definition) is 5. The second kappa shape index (κ2) is 8.88. The lowest BCUT2D eigenvalue weighted by atomic mass is 9.90. The summed E-state index contributed by atoms with van der Waals surface area (Å²) in [5.74, 6) is -0.253. The van der Waals surface area contributed by atoms with Gasteiger partial charge in [-0.05, 0) is 60.1 Å². The molecule has 1 atom stereocenters. The predicted octanol–water partition coefficient (Wildman–Crippen LogP) is 5.03. The lowest BCUT2D eigenvalue weighted by Gasteiger charge is -2.17. The van der Waals surface area contributed by atoms with Gasteiger partial charge in [0.2, 0.25) is 5.91 Å². The molecule has 0 saturated carbocycles. The molecule has 1 unspecified atom stereocenters. The van der Waals surface area contributed by atoms with E-state index < -0.39 is 11.7 Å². The second-order valence-corrected chi connectivity index (χ2v) is 7.77. The molecule has 3 aromatic rings. The summed E-state index contributed by atoms with van der Waals surface area (Å²) in [4.78, 5) is 17.9. The first-order chi connectivity index (χ1) is 16.1. The van der Waals surface area contributed by atoms with Gasteiger partial charge in [-0.1, -0.05) is 25.1 Å². The Morgan fingerprint density at radius 1 is 1.03 bits per heavy atom. The van der Waals surface area contributed by atoms with Crippen LogP contribution in [0.25, 0.3) is 0 Å².